The summed E-state index contributed by atoms with van der Waals surface area (Å²) in [5.41, 5.74) is 0.326. The van der Waals surface area contributed by atoms with E-state index in [-0.39, 0.29) is 23.6 Å². The summed E-state index contributed by atoms with van der Waals surface area (Å²) in [7, 11) is 0. The largest absolute Gasteiger partial charge is 0.462 e. The van der Waals surface area contributed by atoms with Crippen LogP contribution in [0.15, 0.2) is 29.3 Å². The van der Waals surface area contributed by atoms with Crippen molar-refractivity contribution < 1.29 is 18.7 Å². The van der Waals surface area contributed by atoms with Crippen LogP contribution < -0.4 is 10.9 Å². The molecule has 3 aromatic rings. The monoisotopic (exact) mass is 423 g/mol. The molecule has 0 aliphatic rings. The lowest BCUT2D eigenvalue weighted by molar-refractivity contribution is -0.116. The van der Waals surface area contributed by atoms with Gasteiger partial charge in [-0.15, -0.1) is 11.3 Å². The summed E-state index contributed by atoms with van der Waals surface area (Å²) in [6.45, 7) is 3.25. The predicted octanol–water partition coefficient (Wildman–Crippen LogP) is 3.37. The summed E-state index contributed by atoms with van der Waals surface area (Å²) in [6.07, 6.45) is 1.24. The number of esters is 1. The molecule has 7 nitrogen and oxygen atoms in total. The van der Waals surface area contributed by atoms with Crippen LogP contribution in [0.1, 0.15) is 22.2 Å². The van der Waals surface area contributed by atoms with Crippen molar-refractivity contribution in [3.05, 3.63) is 56.2 Å². The SMILES string of the molecule is CCOC(=O)c1sc2ncn(CC(=O)Nc3ccc(F)c(Cl)c3)c(=O)c2c1C. The number of carbonyl (C=O) groups is 2. The molecular weight excluding hydrogens is 409 g/mol. The van der Waals surface area contributed by atoms with E-state index in [0.717, 1.165) is 22.0 Å². The first-order valence-corrected chi connectivity index (χ1v) is 9.41. The normalized spacial score (nSPS) is 10.9. The summed E-state index contributed by atoms with van der Waals surface area (Å²) in [5, 5.41) is 2.68. The average Bonchev–Trinajstić information content (AvgIpc) is 2.98. The molecule has 2 aromatic heterocycles. The Kier molecular flexibility index (Phi) is 5.76. The Morgan fingerprint density at radius 1 is 1.39 bits per heavy atom. The number of aryl methyl sites for hydroxylation is 1. The molecule has 0 saturated heterocycles. The Morgan fingerprint density at radius 3 is 2.82 bits per heavy atom. The highest BCUT2D eigenvalue weighted by Crippen LogP contribution is 2.27. The van der Waals surface area contributed by atoms with Crippen molar-refractivity contribution in [1.82, 2.24) is 9.55 Å². The van der Waals surface area contributed by atoms with Crippen LogP contribution in [0.2, 0.25) is 5.02 Å². The number of thiophene rings is 1. The van der Waals surface area contributed by atoms with Crippen LogP contribution >= 0.6 is 22.9 Å². The minimum atomic E-state index is -0.601. The second-order valence-corrected chi connectivity index (χ2v) is 7.22. The Bertz CT molecular complexity index is 1140. The molecule has 10 heteroatoms. The van der Waals surface area contributed by atoms with E-state index in [4.69, 9.17) is 16.3 Å². The number of fused-ring (bicyclic) bond motifs is 1. The van der Waals surface area contributed by atoms with Crippen molar-refractivity contribution in [2.75, 3.05) is 11.9 Å². The molecule has 1 N–H and O–H groups in total. The Labute approximate surface area is 167 Å². The molecule has 0 radical (unpaired) electrons. The molecule has 146 valence electrons. The number of hydrogen-bond acceptors (Lipinski definition) is 6. The van der Waals surface area contributed by atoms with Crippen LogP contribution in [0.3, 0.4) is 0 Å². The molecule has 0 aliphatic carbocycles. The summed E-state index contributed by atoms with van der Waals surface area (Å²) in [4.78, 5) is 41.9. The van der Waals surface area contributed by atoms with Gasteiger partial charge in [-0.1, -0.05) is 11.6 Å². The van der Waals surface area contributed by atoms with Gasteiger partial charge in [-0.25, -0.2) is 14.2 Å². The number of anilines is 1. The van der Waals surface area contributed by atoms with Crippen molar-refractivity contribution in [3.8, 4) is 0 Å². The van der Waals surface area contributed by atoms with Crippen molar-refractivity contribution in [2.45, 2.75) is 20.4 Å². The number of ether oxygens (including phenoxy) is 1. The highest BCUT2D eigenvalue weighted by molar-refractivity contribution is 7.20. The van der Waals surface area contributed by atoms with E-state index in [1.54, 1.807) is 13.8 Å². The zero-order valence-electron chi connectivity index (χ0n) is 14.9. The van der Waals surface area contributed by atoms with Gasteiger partial charge in [0.05, 0.1) is 23.3 Å². The van der Waals surface area contributed by atoms with E-state index >= 15 is 0 Å². The fourth-order valence-corrected chi connectivity index (χ4v) is 3.81. The summed E-state index contributed by atoms with van der Waals surface area (Å²) < 4.78 is 19.3. The smallest absolute Gasteiger partial charge is 0.348 e. The topological polar surface area (TPSA) is 90.3 Å². The molecule has 0 spiro atoms. The van der Waals surface area contributed by atoms with Crippen LogP contribution in [0, 0.1) is 12.7 Å². The van der Waals surface area contributed by atoms with Gasteiger partial charge in [-0.05, 0) is 37.6 Å². The van der Waals surface area contributed by atoms with Gasteiger partial charge in [0.1, 0.15) is 22.1 Å². The summed E-state index contributed by atoms with van der Waals surface area (Å²) in [5.74, 6) is -1.62. The summed E-state index contributed by atoms with van der Waals surface area (Å²) >= 11 is 6.76. The predicted molar refractivity (Wildman–Crippen MR) is 105 cm³/mol. The molecule has 3 rings (SSSR count). The molecule has 0 fully saturated rings. The van der Waals surface area contributed by atoms with Crippen molar-refractivity contribution in [2.24, 2.45) is 0 Å². The molecule has 1 amide bonds. The van der Waals surface area contributed by atoms with Gasteiger partial charge in [0.15, 0.2) is 0 Å². The van der Waals surface area contributed by atoms with Gasteiger partial charge in [-0.3, -0.25) is 14.2 Å². The van der Waals surface area contributed by atoms with E-state index in [2.05, 4.69) is 10.3 Å². The van der Waals surface area contributed by atoms with Crippen LogP contribution in [0.4, 0.5) is 10.1 Å². The van der Waals surface area contributed by atoms with Crippen LogP contribution in [-0.2, 0) is 16.1 Å². The molecule has 2 heterocycles. The molecule has 1 aromatic carbocycles. The number of nitrogens with one attached hydrogen (secondary N) is 1. The maximum absolute atomic E-state index is 13.2. The maximum Gasteiger partial charge on any atom is 0.348 e. The zero-order chi connectivity index (χ0) is 20.4. The fourth-order valence-electron chi connectivity index (χ4n) is 2.59. The van der Waals surface area contributed by atoms with Crippen molar-refractivity contribution in [3.63, 3.8) is 0 Å². The highest BCUT2D eigenvalue weighted by Gasteiger charge is 2.20. The van der Waals surface area contributed by atoms with Crippen LogP contribution in [0.5, 0.6) is 0 Å². The third-order valence-electron chi connectivity index (χ3n) is 3.90. The van der Waals surface area contributed by atoms with Gasteiger partial charge in [0, 0.05) is 5.69 Å². The molecule has 0 saturated carbocycles. The molecule has 0 atom stereocenters. The third-order valence-corrected chi connectivity index (χ3v) is 5.36. The van der Waals surface area contributed by atoms with E-state index in [1.165, 1.54) is 18.5 Å². The number of rotatable bonds is 5. The quantitative estimate of drug-likeness (QED) is 0.635. The first-order chi connectivity index (χ1) is 13.3. The lowest BCUT2D eigenvalue weighted by atomic mass is 10.2. The first kappa shape index (κ1) is 20.0. The maximum atomic E-state index is 13.2. The zero-order valence-corrected chi connectivity index (χ0v) is 16.5. The minimum Gasteiger partial charge on any atom is -0.462 e. The van der Waals surface area contributed by atoms with Gasteiger partial charge >= 0.3 is 5.97 Å². The number of amides is 1. The number of hydrogen-bond donors (Lipinski definition) is 1. The van der Waals surface area contributed by atoms with E-state index < -0.39 is 23.3 Å². The second-order valence-electron chi connectivity index (χ2n) is 5.81. The second kappa shape index (κ2) is 8.07. The molecular formula is C18H15ClFN3O4S. The van der Waals surface area contributed by atoms with Gasteiger partial charge < -0.3 is 10.1 Å². The van der Waals surface area contributed by atoms with E-state index in [1.807, 2.05) is 0 Å². The molecule has 28 heavy (non-hydrogen) atoms. The number of halogens is 2. The molecule has 0 bridgehead atoms. The Hall–Kier alpha value is -2.78. The van der Waals surface area contributed by atoms with Gasteiger partial charge in [-0.2, -0.15) is 0 Å². The van der Waals surface area contributed by atoms with Crippen molar-refractivity contribution >= 4 is 50.7 Å². The summed E-state index contributed by atoms with van der Waals surface area (Å²) in [6, 6.07) is 3.76. The van der Waals surface area contributed by atoms with Gasteiger partial charge in [0.2, 0.25) is 5.91 Å². The lowest BCUT2D eigenvalue weighted by Crippen LogP contribution is -2.27. The minimum absolute atomic E-state index is 0.126. The average molecular weight is 424 g/mol. The van der Waals surface area contributed by atoms with Crippen molar-refractivity contribution in [1.29, 1.82) is 0 Å². The van der Waals surface area contributed by atoms with Gasteiger partial charge in [0.25, 0.3) is 5.56 Å². The van der Waals surface area contributed by atoms with E-state index in [9.17, 15) is 18.8 Å². The number of nitrogens with zero attached hydrogens (tertiary/aromatic N) is 2. The molecule has 0 aliphatic heterocycles. The number of benzene rings is 1. The lowest BCUT2D eigenvalue weighted by Gasteiger charge is -2.08. The fraction of sp³-hybridized carbons (Fsp3) is 0.222. The highest BCUT2D eigenvalue weighted by atomic mass is 35.5. The van der Waals surface area contributed by atoms with Crippen LogP contribution in [0.25, 0.3) is 10.2 Å². The third kappa shape index (κ3) is 3.90. The number of carbonyl (C=O) groups excluding carboxylic acids is 2. The Morgan fingerprint density at radius 2 is 2.14 bits per heavy atom. The van der Waals surface area contributed by atoms with Crippen LogP contribution in [-0.4, -0.2) is 28.0 Å². The number of aromatic nitrogens is 2. The first-order valence-electron chi connectivity index (χ1n) is 8.22. The standard InChI is InChI=1S/C18H15ClFN3O4S/c1-3-27-18(26)15-9(2)14-16(28-15)21-8-23(17(14)25)7-13(24)22-10-4-5-12(20)11(19)6-10/h4-6,8H,3,7H2,1-2H3,(H,22,24). The Balaban J connectivity index is 1.87. The van der Waals surface area contributed by atoms with E-state index in [0.29, 0.717) is 21.0 Å². The molecule has 0 unspecified atom stereocenters.